The van der Waals surface area contributed by atoms with Crippen molar-refractivity contribution in [3.8, 4) is 0 Å². The van der Waals surface area contributed by atoms with E-state index in [0.29, 0.717) is 6.54 Å². The first kappa shape index (κ1) is 9.19. The van der Waals surface area contributed by atoms with Gasteiger partial charge in [0.05, 0.1) is 6.10 Å². The average molecular weight is 147 g/mol. The molecule has 2 amide bonds. The Bertz CT molecular complexity index is 105. The third-order valence-electron chi connectivity index (χ3n) is 0.826. The fraction of sp³-hybridized carbons (Fsp3) is 0.800. The number of hydrazine groups is 1. The molecule has 5 nitrogen and oxygen atoms in total. The number of aliphatic hydroxyl groups is 1. The zero-order chi connectivity index (χ0) is 7.98. The molecular formula is C5H13N3O2. The summed E-state index contributed by atoms with van der Waals surface area (Å²) in [7, 11) is 1.51. The highest BCUT2D eigenvalue weighted by Gasteiger charge is 1.95. The number of urea groups is 1. The first-order valence-electron chi connectivity index (χ1n) is 3.05. The van der Waals surface area contributed by atoms with E-state index in [4.69, 9.17) is 5.11 Å². The van der Waals surface area contributed by atoms with Crippen molar-refractivity contribution in [2.45, 2.75) is 13.0 Å². The van der Waals surface area contributed by atoms with Gasteiger partial charge in [-0.1, -0.05) is 0 Å². The largest absolute Gasteiger partial charge is 0.392 e. The molecule has 0 aromatic carbocycles. The Morgan fingerprint density at radius 1 is 1.70 bits per heavy atom. The number of aliphatic hydroxyl groups excluding tert-OH is 1. The van der Waals surface area contributed by atoms with Gasteiger partial charge in [0.1, 0.15) is 0 Å². The van der Waals surface area contributed by atoms with Gasteiger partial charge in [0.15, 0.2) is 0 Å². The van der Waals surface area contributed by atoms with E-state index >= 15 is 0 Å². The van der Waals surface area contributed by atoms with Gasteiger partial charge in [0, 0.05) is 13.6 Å². The highest BCUT2D eigenvalue weighted by Crippen LogP contribution is 1.70. The van der Waals surface area contributed by atoms with Gasteiger partial charge >= 0.3 is 6.03 Å². The summed E-state index contributed by atoms with van der Waals surface area (Å²) in [4.78, 5) is 10.4. The topological polar surface area (TPSA) is 73.4 Å². The third kappa shape index (κ3) is 5.33. The Hall–Kier alpha value is -0.810. The molecule has 0 aliphatic heterocycles. The highest BCUT2D eigenvalue weighted by atomic mass is 16.3. The Morgan fingerprint density at radius 2 is 2.30 bits per heavy atom. The van der Waals surface area contributed by atoms with Gasteiger partial charge in [0.2, 0.25) is 0 Å². The van der Waals surface area contributed by atoms with Crippen LogP contribution in [-0.4, -0.2) is 30.8 Å². The van der Waals surface area contributed by atoms with Crippen LogP contribution in [0.15, 0.2) is 0 Å². The summed E-state index contributed by atoms with van der Waals surface area (Å²) in [6.07, 6.45) is -0.461. The second-order valence-corrected chi connectivity index (χ2v) is 1.93. The highest BCUT2D eigenvalue weighted by molar-refractivity contribution is 5.72. The van der Waals surface area contributed by atoms with Crippen molar-refractivity contribution in [1.82, 2.24) is 16.2 Å². The quantitative estimate of drug-likeness (QED) is 0.379. The minimum absolute atomic E-state index is 0.319. The lowest BCUT2D eigenvalue weighted by atomic mass is 10.4. The van der Waals surface area contributed by atoms with Gasteiger partial charge in [-0.05, 0) is 6.92 Å². The van der Waals surface area contributed by atoms with Crippen LogP contribution in [0.1, 0.15) is 6.92 Å². The lowest BCUT2D eigenvalue weighted by Gasteiger charge is -2.07. The molecule has 60 valence electrons. The first-order chi connectivity index (χ1) is 4.66. The SMILES string of the molecule is CNC(=O)NNCC(C)O. The van der Waals surface area contributed by atoms with E-state index in [2.05, 4.69) is 16.2 Å². The summed E-state index contributed by atoms with van der Waals surface area (Å²) in [5.74, 6) is 0. The monoisotopic (exact) mass is 147 g/mol. The van der Waals surface area contributed by atoms with Gasteiger partial charge in [-0.2, -0.15) is 0 Å². The Morgan fingerprint density at radius 3 is 2.70 bits per heavy atom. The smallest absolute Gasteiger partial charge is 0.328 e. The van der Waals surface area contributed by atoms with E-state index in [1.807, 2.05) is 0 Å². The maximum Gasteiger partial charge on any atom is 0.328 e. The van der Waals surface area contributed by atoms with Gasteiger partial charge in [-0.3, -0.25) is 5.43 Å². The van der Waals surface area contributed by atoms with Crippen LogP contribution >= 0.6 is 0 Å². The van der Waals surface area contributed by atoms with Crippen LogP contribution in [0.5, 0.6) is 0 Å². The molecule has 0 aromatic heterocycles. The molecule has 0 rings (SSSR count). The molecule has 10 heavy (non-hydrogen) atoms. The van der Waals surface area contributed by atoms with Crippen LogP contribution in [0.2, 0.25) is 0 Å². The molecule has 0 bridgehead atoms. The van der Waals surface area contributed by atoms with E-state index in [1.165, 1.54) is 7.05 Å². The molecule has 0 spiro atoms. The van der Waals surface area contributed by atoms with Gasteiger partial charge < -0.3 is 10.4 Å². The minimum Gasteiger partial charge on any atom is -0.392 e. The molecule has 0 saturated carbocycles. The lowest BCUT2D eigenvalue weighted by Crippen LogP contribution is -2.45. The van der Waals surface area contributed by atoms with E-state index in [0.717, 1.165) is 0 Å². The van der Waals surface area contributed by atoms with E-state index in [9.17, 15) is 4.79 Å². The van der Waals surface area contributed by atoms with Crippen LogP contribution < -0.4 is 16.2 Å². The molecule has 0 aliphatic rings. The van der Waals surface area contributed by atoms with E-state index < -0.39 is 6.10 Å². The summed E-state index contributed by atoms with van der Waals surface area (Å²) in [6, 6.07) is -0.319. The number of carbonyl (C=O) groups excluding carboxylic acids is 1. The van der Waals surface area contributed by atoms with Gasteiger partial charge in [0.25, 0.3) is 0 Å². The molecule has 4 N–H and O–H groups in total. The maximum atomic E-state index is 10.4. The van der Waals surface area contributed by atoms with Crippen molar-refractivity contribution in [1.29, 1.82) is 0 Å². The van der Waals surface area contributed by atoms with Crippen molar-refractivity contribution in [2.75, 3.05) is 13.6 Å². The van der Waals surface area contributed by atoms with E-state index in [1.54, 1.807) is 6.92 Å². The number of carbonyl (C=O) groups is 1. The fourth-order valence-electron chi connectivity index (χ4n) is 0.342. The Balaban J connectivity index is 3.12. The molecule has 5 heteroatoms. The van der Waals surface area contributed by atoms with Crippen molar-refractivity contribution in [3.05, 3.63) is 0 Å². The predicted molar refractivity (Wildman–Crippen MR) is 37.3 cm³/mol. The summed E-state index contributed by atoms with van der Waals surface area (Å²) >= 11 is 0. The normalized spacial score (nSPS) is 12.3. The van der Waals surface area contributed by atoms with Crippen molar-refractivity contribution in [3.63, 3.8) is 0 Å². The standard InChI is InChI=1S/C5H13N3O2/c1-4(9)3-7-8-5(10)6-2/h4,7,9H,3H2,1-2H3,(H2,6,8,10). The predicted octanol–water partition coefficient (Wildman–Crippen LogP) is -1.20. The molecule has 0 radical (unpaired) electrons. The first-order valence-corrected chi connectivity index (χ1v) is 3.05. The molecule has 0 aliphatic carbocycles. The van der Waals surface area contributed by atoms with Crippen LogP contribution in [0, 0.1) is 0 Å². The third-order valence-corrected chi connectivity index (χ3v) is 0.826. The number of hydrogen-bond acceptors (Lipinski definition) is 3. The van der Waals surface area contributed by atoms with Crippen LogP contribution in [0.4, 0.5) is 4.79 Å². The number of rotatable bonds is 3. The molecule has 1 atom stereocenters. The zero-order valence-electron chi connectivity index (χ0n) is 6.14. The molecular weight excluding hydrogens is 134 g/mol. The fourth-order valence-corrected chi connectivity index (χ4v) is 0.342. The second kappa shape index (κ2) is 5.01. The van der Waals surface area contributed by atoms with Crippen molar-refractivity contribution in [2.24, 2.45) is 0 Å². The molecule has 0 heterocycles. The number of amides is 2. The van der Waals surface area contributed by atoms with Crippen LogP contribution in [0.3, 0.4) is 0 Å². The summed E-state index contributed by atoms with van der Waals surface area (Å²) < 4.78 is 0. The number of nitrogens with one attached hydrogen (secondary N) is 3. The Labute approximate surface area is 59.8 Å². The van der Waals surface area contributed by atoms with E-state index in [-0.39, 0.29) is 6.03 Å². The second-order valence-electron chi connectivity index (χ2n) is 1.93. The average Bonchev–Trinajstić information content (AvgIpc) is 1.87. The summed E-state index contributed by atoms with van der Waals surface area (Å²) in [5, 5.41) is 11.0. The molecule has 1 unspecified atom stereocenters. The molecule has 0 saturated heterocycles. The van der Waals surface area contributed by atoms with Gasteiger partial charge in [-0.15, -0.1) is 0 Å². The maximum absolute atomic E-state index is 10.4. The molecule has 0 aromatic rings. The summed E-state index contributed by atoms with van der Waals surface area (Å²) in [6.45, 7) is 1.96. The molecule has 0 fully saturated rings. The van der Waals surface area contributed by atoms with Gasteiger partial charge in [-0.25, -0.2) is 10.2 Å². The summed E-state index contributed by atoms with van der Waals surface area (Å²) in [5.41, 5.74) is 4.83. The minimum atomic E-state index is -0.461. The Kier molecular flexibility index (Phi) is 4.61. The van der Waals surface area contributed by atoms with Crippen LogP contribution in [0.25, 0.3) is 0 Å². The van der Waals surface area contributed by atoms with Crippen molar-refractivity contribution < 1.29 is 9.90 Å². The van der Waals surface area contributed by atoms with Crippen LogP contribution in [-0.2, 0) is 0 Å². The zero-order valence-corrected chi connectivity index (χ0v) is 6.14. The lowest BCUT2D eigenvalue weighted by molar-refractivity contribution is 0.184. The number of hydrogen-bond donors (Lipinski definition) is 4. The van der Waals surface area contributed by atoms with Crippen molar-refractivity contribution >= 4 is 6.03 Å².